The second-order valence-electron chi connectivity index (χ2n) is 5.75. The molecule has 0 aliphatic rings. The van der Waals surface area contributed by atoms with Crippen molar-refractivity contribution < 1.29 is 14.3 Å². The summed E-state index contributed by atoms with van der Waals surface area (Å²) in [6, 6.07) is 29.2. The van der Waals surface area contributed by atoms with Gasteiger partial charge in [-0.3, -0.25) is 14.9 Å². The number of rotatable bonds is 7. The maximum absolute atomic E-state index is 11.9. The van der Waals surface area contributed by atoms with Crippen LogP contribution in [-0.2, 0) is 19.9 Å². The predicted molar refractivity (Wildman–Crippen MR) is 99.4 cm³/mol. The van der Waals surface area contributed by atoms with E-state index < -0.39 is 11.5 Å². The van der Waals surface area contributed by atoms with Gasteiger partial charge in [0.05, 0.1) is 0 Å². The maximum Gasteiger partial charge on any atom is 0.252 e. The van der Waals surface area contributed by atoms with Crippen molar-refractivity contribution in [3.63, 3.8) is 0 Å². The Bertz CT molecular complexity index is 752. The van der Waals surface area contributed by atoms with E-state index in [9.17, 15) is 9.59 Å². The van der Waals surface area contributed by atoms with Gasteiger partial charge >= 0.3 is 0 Å². The summed E-state index contributed by atoms with van der Waals surface area (Å²) in [7, 11) is 0. The minimum absolute atomic E-state index is 0.253. The van der Waals surface area contributed by atoms with Crippen molar-refractivity contribution >= 4 is 12.3 Å². The first kappa shape index (κ1) is 17.6. The van der Waals surface area contributed by atoms with Crippen LogP contribution in [0.15, 0.2) is 91.0 Å². The zero-order chi connectivity index (χ0) is 18.2. The molecule has 3 aromatic carbocycles. The van der Waals surface area contributed by atoms with Gasteiger partial charge in [0.2, 0.25) is 6.41 Å². The Morgan fingerprint density at radius 1 is 0.769 bits per heavy atom. The van der Waals surface area contributed by atoms with Crippen LogP contribution in [0, 0.1) is 0 Å². The van der Waals surface area contributed by atoms with E-state index in [-0.39, 0.29) is 6.61 Å². The molecule has 0 saturated heterocycles. The van der Waals surface area contributed by atoms with Crippen LogP contribution >= 0.6 is 0 Å². The summed E-state index contributed by atoms with van der Waals surface area (Å²) in [6.07, 6.45) is 0.362. The molecule has 0 aromatic heterocycles. The predicted octanol–water partition coefficient (Wildman–Crippen LogP) is 3.27. The lowest BCUT2D eigenvalue weighted by atomic mass is 9.80. The molecule has 0 radical (unpaired) electrons. The Morgan fingerprint density at radius 3 is 1.50 bits per heavy atom. The van der Waals surface area contributed by atoms with E-state index >= 15 is 0 Å². The Balaban J connectivity index is 2.17. The molecule has 0 fully saturated rings. The van der Waals surface area contributed by atoms with E-state index in [1.54, 1.807) is 0 Å². The standard InChI is InChI=1S/C22H19NO3/c24-17-23-21(25)16-26-22(18-10-4-1-5-11-18,19-12-6-2-7-13-19)20-14-8-3-9-15-20/h1-15,17H,16H2,(H,23,24,25). The van der Waals surface area contributed by atoms with Gasteiger partial charge in [-0.25, -0.2) is 0 Å². The molecule has 0 spiro atoms. The summed E-state index contributed by atoms with van der Waals surface area (Å²) in [5, 5.41) is 2.13. The fraction of sp³-hybridized carbons (Fsp3) is 0.0909. The van der Waals surface area contributed by atoms with Crippen LogP contribution < -0.4 is 5.32 Å². The van der Waals surface area contributed by atoms with Crippen LogP contribution in [0.4, 0.5) is 0 Å². The van der Waals surface area contributed by atoms with Crippen LogP contribution in [0.1, 0.15) is 16.7 Å². The van der Waals surface area contributed by atoms with Crippen molar-refractivity contribution in [1.29, 1.82) is 0 Å². The molecule has 3 rings (SSSR count). The Labute approximate surface area is 152 Å². The normalized spacial score (nSPS) is 10.9. The molecule has 0 bridgehead atoms. The number of carbonyl (C=O) groups excluding carboxylic acids is 2. The molecule has 0 aliphatic heterocycles. The van der Waals surface area contributed by atoms with Gasteiger partial charge in [-0.1, -0.05) is 91.0 Å². The summed E-state index contributed by atoms with van der Waals surface area (Å²) in [5.41, 5.74) is 1.73. The van der Waals surface area contributed by atoms with Crippen LogP contribution in [0.2, 0.25) is 0 Å². The smallest absolute Gasteiger partial charge is 0.252 e. The van der Waals surface area contributed by atoms with Crippen molar-refractivity contribution in [3.8, 4) is 0 Å². The quantitative estimate of drug-likeness (QED) is 0.528. The highest BCUT2D eigenvalue weighted by atomic mass is 16.5. The largest absolute Gasteiger partial charge is 0.351 e. The molecular formula is C22H19NO3. The molecule has 0 atom stereocenters. The van der Waals surface area contributed by atoms with Crippen molar-refractivity contribution in [3.05, 3.63) is 108 Å². The third-order valence-corrected chi connectivity index (χ3v) is 4.18. The van der Waals surface area contributed by atoms with Gasteiger partial charge in [-0.15, -0.1) is 0 Å². The fourth-order valence-electron chi connectivity index (χ4n) is 3.05. The van der Waals surface area contributed by atoms with Crippen molar-refractivity contribution in [2.75, 3.05) is 6.61 Å². The zero-order valence-corrected chi connectivity index (χ0v) is 14.2. The number of benzene rings is 3. The Hall–Kier alpha value is -3.24. The van der Waals surface area contributed by atoms with Crippen molar-refractivity contribution in [2.24, 2.45) is 0 Å². The lowest BCUT2D eigenvalue weighted by molar-refractivity contribution is -0.132. The topological polar surface area (TPSA) is 55.4 Å². The Morgan fingerprint density at radius 2 is 1.15 bits per heavy atom. The van der Waals surface area contributed by atoms with E-state index in [1.807, 2.05) is 91.0 Å². The van der Waals surface area contributed by atoms with Gasteiger partial charge in [0.15, 0.2) is 0 Å². The van der Waals surface area contributed by atoms with Crippen LogP contribution in [0.3, 0.4) is 0 Å². The maximum atomic E-state index is 11.9. The zero-order valence-electron chi connectivity index (χ0n) is 14.2. The molecule has 3 aromatic rings. The third-order valence-electron chi connectivity index (χ3n) is 4.18. The fourth-order valence-corrected chi connectivity index (χ4v) is 3.05. The molecule has 2 amide bonds. The van der Waals surface area contributed by atoms with E-state index in [0.29, 0.717) is 6.41 Å². The Kier molecular flexibility index (Phi) is 5.56. The molecule has 0 aliphatic carbocycles. The van der Waals surface area contributed by atoms with Gasteiger partial charge < -0.3 is 4.74 Å². The summed E-state index contributed by atoms with van der Waals surface area (Å²) >= 11 is 0. The number of hydrogen-bond acceptors (Lipinski definition) is 3. The van der Waals surface area contributed by atoms with Gasteiger partial charge in [0.1, 0.15) is 12.2 Å². The molecule has 1 N–H and O–H groups in total. The van der Waals surface area contributed by atoms with Crippen molar-refractivity contribution in [2.45, 2.75) is 5.60 Å². The minimum atomic E-state index is -0.968. The van der Waals surface area contributed by atoms with Crippen molar-refractivity contribution in [1.82, 2.24) is 5.32 Å². The molecule has 0 unspecified atom stereocenters. The molecule has 4 nitrogen and oxygen atoms in total. The lowest BCUT2D eigenvalue weighted by Gasteiger charge is -2.35. The first-order valence-electron chi connectivity index (χ1n) is 8.31. The molecule has 0 saturated carbocycles. The first-order chi connectivity index (χ1) is 12.8. The van der Waals surface area contributed by atoms with Crippen LogP contribution in [-0.4, -0.2) is 18.9 Å². The monoisotopic (exact) mass is 345 g/mol. The molecular weight excluding hydrogens is 326 g/mol. The van der Waals surface area contributed by atoms with E-state index in [4.69, 9.17) is 4.74 Å². The second kappa shape index (κ2) is 8.23. The third kappa shape index (κ3) is 3.55. The number of ether oxygens (including phenoxy) is 1. The average molecular weight is 345 g/mol. The molecule has 26 heavy (non-hydrogen) atoms. The summed E-state index contributed by atoms with van der Waals surface area (Å²) in [5.74, 6) is -0.493. The molecule has 4 heteroatoms. The molecule has 130 valence electrons. The van der Waals surface area contributed by atoms with Crippen LogP contribution in [0.5, 0.6) is 0 Å². The summed E-state index contributed by atoms with van der Waals surface area (Å²) in [4.78, 5) is 22.5. The highest BCUT2D eigenvalue weighted by Crippen LogP contribution is 2.40. The SMILES string of the molecule is O=CNC(=O)COC(c1ccccc1)(c1ccccc1)c1ccccc1. The number of amides is 2. The van der Waals surface area contributed by atoms with E-state index in [2.05, 4.69) is 5.32 Å². The highest BCUT2D eigenvalue weighted by Gasteiger charge is 2.37. The number of imide groups is 1. The average Bonchev–Trinajstić information content (AvgIpc) is 2.71. The van der Waals surface area contributed by atoms with Gasteiger partial charge in [0, 0.05) is 0 Å². The van der Waals surface area contributed by atoms with Gasteiger partial charge in [-0.05, 0) is 16.7 Å². The van der Waals surface area contributed by atoms with E-state index in [1.165, 1.54) is 0 Å². The first-order valence-corrected chi connectivity index (χ1v) is 8.31. The summed E-state index contributed by atoms with van der Waals surface area (Å²) < 4.78 is 6.23. The number of hydrogen-bond donors (Lipinski definition) is 1. The lowest BCUT2D eigenvalue weighted by Crippen LogP contribution is -2.37. The van der Waals surface area contributed by atoms with Crippen LogP contribution in [0.25, 0.3) is 0 Å². The van der Waals surface area contributed by atoms with Gasteiger partial charge in [0.25, 0.3) is 5.91 Å². The van der Waals surface area contributed by atoms with Gasteiger partial charge in [-0.2, -0.15) is 0 Å². The highest BCUT2D eigenvalue weighted by molar-refractivity contribution is 5.86. The second-order valence-corrected chi connectivity index (χ2v) is 5.75. The number of carbonyl (C=O) groups is 2. The molecule has 0 heterocycles. The van der Waals surface area contributed by atoms with E-state index in [0.717, 1.165) is 16.7 Å². The number of nitrogens with one attached hydrogen (secondary N) is 1. The summed E-state index contributed by atoms with van der Waals surface area (Å²) in [6.45, 7) is -0.253. The minimum Gasteiger partial charge on any atom is -0.351 e.